The molecule has 0 unspecified atom stereocenters. The van der Waals surface area contributed by atoms with Crippen molar-refractivity contribution in [3.63, 3.8) is 0 Å². The second-order valence-corrected chi connectivity index (χ2v) is 5.10. The average molecular weight is 295 g/mol. The largest absolute Gasteiger partial charge is 0.340 e. The fraction of sp³-hybridized carbons (Fsp3) is 0.231. The standard InChI is InChI=1S/C13H12Cl2N4/c1-2-19-13(16-8-17-19)7-18-4-3-10-11(15)5-9(14)6-12(10)18/h3-6,8H,2,7H2,1H3. The molecular formula is C13H12Cl2N4. The highest BCUT2D eigenvalue weighted by molar-refractivity contribution is 6.38. The summed E-state index contributed by atoms with van der Waals surface area (Å²) in [6.07, 6.45) is 3.56. The van der Waals surface area contributed by atoms with Gasteiger partial charge in [-0.3, -0.25) is 0 Å². The van der Waals surface area contributed by atoms with Gasteiger partial charge in [-0.05, 0) is 25.1 Å². The molecule has 19 heavy (non-hydrogen) atoms. The molecule has 0 aliphatic heterocycles. The van der Waals surface area contributed by atoms with Crippen LogP contribution in [-0.2, 0) is 13.1 Å². The number of rotatable bonds is 3. The molecule has 3 aromatic rings. The van der Waals surface area contributed by atoms with E-state index in [0.29, 0.717) is 16.6 Å². The smallest absolute Gasteiger partial charge is 0.146 e. The van der Waals surface area contributed by atoms with Gasteiger partial charge in [0.15, 0.2) is 0 Å². The lowest BCUT2D eigenvalue weighted by Gasteiger charge is -2.07. The van der Waals surface area contributed by atoms with Crippen molar-refractivity contribution in [2.45, 2.75) is 20.0 Å². The quantitative estimate of drug-likeness (QED) is 0.740. The zero-order valence-corrected chi connectivity index (χ0v) is 11.9. The molecule has 0 radical (unpaired) electrons. The Bertz CT molecular complexity index is 729. The lowest BCUT2D eigenvalue weighted by atomic mass is 10.2. The van der Waals surface area contributed by atoms with E-state index in [1.165, 1.54) is 0 Å². The molecule has 0 aliphatic rings. The monoisotopic (exact) mass is 294 g/mol. The predicted octanol–water partition coefficient (Wildman–Crippen LogP) is 3.61. The summed E-state index contributed by atoms with van der Waals surface area (Å²) in [5, 5.41) is 6.46. The second-order valence-electron chi connectivity index (χ2n) is 4.26. The molecule has 1 aromatic carbocycles. The third-order valence-electron chi connectivity index (χ3n) is 3.11. The minimum atomic E-state index is 0.634. The fourth-order valence-electron chi connectivity index (χ4n) is 2.18. The summed E-state index contributed by atoms with van der Waals surface area (Å²) < 4.78 is 3.95. The van der Waals surface area contributed by atoms with Crippen molar-refractivity contribution in [2.24, 2.45) is 0 Å². The van der Waals surface area contributed by atoms with E-state index in [4.69, 9.17) is 23.2 Å². The van der Waals surface area contributed by atoms with Gasteiger partial charge in [-0.25, -0.2) is 9.67 Å². The first kappa shape index (κ1) is 12.5. The Morgan fingerprint density at radius 1 is 1.26 bits per heavy atom. The fourth-order valence-corrected chi connectivity index (χ4v) is 2.73. The van der Waals surface area contributed by atoms with Gasteiger partial charge in [-0.1, -0.05) is 23.2 Å². The molecule has 0 N–H and O–H groups in total. The van der Waals surface area contributed by atoms with Gasteiger partial charge in [-0.2, -0.15) is 5.10 Å². The lowest BCUT2D eigenvalue weighted by Crippen LogP contribution is -2.08. The highest BCUT2D eigenvalue weighted by Crippen LogP contribution is 2.29. The van der Waals surface area contributed by atoms with Crippen molar-refractivity contribution < 1.29 is 0 Å². The number of nitrogens with zero attached hydrogens (tertiary/aromatic N) is 4. The number of fused-ring (bicyclic) bond motifs is 1. The van der Waals surface area contributed by atoms with Crippen molar-refractivity contribution in [3.8, 4) is 0 Å². The lowest BCUT2D eigenvalue weighted by molar-refractivity contribution is 0.597. The van der Waals surface area contributed by atoms with E-state index in [9.17, 15) is 0 Å². The third-order valence-corrected chi connectivity index (χ3v) is 3.64. The van der Waals surface area contributed by atoms with Crippen LogP contribution in [0.4, 0.5) is 0 Å². The van der Waals surface area contributed by atoms with Crippen LogP contribution >= 0.6 is 23.2 Å². The first-order chi connectivity index (χ1) is 9.19. The van der Waals surface area contributed by atoms with Crippen LogP contribution in [0.5, 0.6) is 0 Å². The van der Waals surface area contributed by atoms with E-state index in [1.807, 2.05) is 29.9 Å². The molecule has 0 spiro atoms. The topological polar surface area (TPSA) is 35.6 Å². The number of benzene rings is 1. The Morgan fingerprint density at radius 3 is 2.89 bits per heavy atom. The van der Waals surface area contributed by atoms with Gasteiger partial charge in [0.2, 0.25) is 0 Å². The summed E-state index contributed by atoms with van der Waals surface area (Å²) in [6, 6.07) is 5.65. The number of hydrogen-bond acceptors (Lipinski definition) is 2. The molecular weight excluding hydrogens is 283 g/mol. The summed E-state index contributed by atoms with van der Waals surface area (Å²) in [7, 11) is 0. The molecule has 0 bridgehead atoms. The van der Waals surface area contributed by atoms with E-state index in [0.717, 1.165) is 23.3 Å². The predicted molar refractivity (Wildman–Crippen MR) is 76.8 cm³/mol. The molecule has 4 nitrogen and oxygen atoms in total. The van der Waals surface area contributed by atoms with Crippen molar-refractivity contribution in [1.82, 2.24) is 19.3 Å². The van der Waals surface area contributed by atoms with Crippen molar-refractivity contribution in [3.05, 3.63) is 46.6 Å². The SMILES string of the molecule is CCn1ncnc1Cn1ccc2c(Cl)cc(Cl)cc21. The summed E-state index contributed by atoms with van der Waals surface area (Å²) in [5.74, 6) is 0.913. The van der Waals surface area contributed by atoms with Gasteiger partial charge in [0, 0.05) is 23.2 Å². The highest BCUT2D eigenvalue weighted by Gasteiger charge is 2.09. The molecule has 0 aliphatic carbocycles. The van der Waals surface area contributed by atoms with Crippen molar-refractivity contribution >= 4 is 34.1 Å². The minimum absolute atomic E-state index is 0.634. The first-order valence-corrected chi connectivity index (χ1v) is 6.75. The maximum atomic E-state index is 6.19. The van der Waals surface area contributed by atoms with E-state index < -0.39 is 0 Å². The van der Waals surface area contributed by atoms with Crippen LogP contribution in [0.15, 0.2) is 30.7 Å². The number of aromatic nitrogens is 4. The second kappa shape index (κ2) is 4.87. The van der Waals surface area contributed by atoms with Gasteiger partial charge >= 0.3 is 0 Å². The molecule has 0 saturated heterocycles. The van der Waals surface area contributed by atoms with E-state index in [1.54, 1.807) is 12.4 Å². The molecule has 2 heterocycles. The normalized spacial score (nSPS) is 11.3. The van der Waals surface area contributed by atoms with Crippen LogP contribution in [-0.4, -0.2) is 19.3 Å². The number of hydrogen-bond donors (Lipinski definition) is 0. The van der Waals surface area contributed by atoms with E-state index >= 15 is 0 Å². The zero-order chi connectivity index (χ0) is 13.4. The number of halogens is 2. The Kier molecular flexibility index (Phi) is 3.21. The molecule has 2 aromatic heterocycles. The molecule has 0 atom stereocenters. The summed E-state index contributed by atoms with van der Waals surface area (Å²) in [6.45, 7) is 3.49. The van der Waals surface area contributed by atoms with Crippen LogP contribution < -0.4 is 0 Å². The Labute approximate surface area is 120 Å². The van der Waals surface area contributed by atoms with Crippen molar-refractivity contribution in [1.29, 1.82) is 0 Å². The Balaban J connectivity index is 2.06. The van der Waals surface area contributed by atoms with Crippen LogP contribution in [0, 0.1) is 0 Å². The van der Waals surface area contributed by atoms with Crippen LogP contribution in [0.3, 0.4) is 0 Å². The summed E-state index contributed by atoms with van der Waals surface area (Å²) >= 11 is 12.2. The molecule has 0 saturated carbocycles. The highest BCUT2D eigenvalue weighted by atomic mass is 35.5. The van der Waals surface area contributed by atoms with Crippen LogP contribution in [0.2, 0.25) is 10.0 Å². The first-order valence-electron chi connectivity index (χ1n) is 5.99. The zero-order valence-electron chi connectivity index (χ0n) is 10.3. The third kappa shape index (κ3) is 2.22. The van der Waals surface area contributed by atoms with Gasteiger partial charge in [0.05, 0.1) is 17.1 Å². The molecule has 6 heteroatoms. The van der Waals surface area contributed by atoms with Crippen LogP contribution in [0.1, 0.15) is 12.7 Å². The maximum absolute atomic E-state index is 6.19. The number of aryl methyl sites for hydroxylation is 1. The van der Waals surface area contributed by atoms with Gasteiger partial charge in [0.25, 0.3) is 0 Å². The van der Waals surface area contributed by atoms with Gasteiger partial charge in [0.1, 0.15) is 12.2 Å². The summed E-state index contributed by atoms with van der Waals surface area (Å²) in [4.78, 5) is 4.28. The Hall–Kier alpha value is -1.52. The molecule has 0 amide bonds. The maximum Gasteiger partial charge on any atom is 0.146 e. The summed E-state index contributed by atoms with van der Waals surface area (Å²) in [5.41, 5.74) is 1.00. The molecule has 3 rings (SSSR count). The molecule has 0 fully saturated rings. The Morgan fingerprint density at radius 2 is 2.11 bits per heavy atom. The molecule has 98 valence electrons. The van der Waals surface area contributed by atoms with Crippen molar-refractivity contribution in [2.75, 3.05) is 0 Å². The average Bonchev–Trinajstić information content (AvgIpc) is 2.97. The van der Waals surface area contributed by atoms with Gasteiger partial charge < -0.3 is 4.57 Å². The van der Waals surface area contributed by atoms with E-state index in [-0.39, 0.29) is 0 Å². The van der Waals surface area contributed by atoms with E-state index in [2.05, 4.69) is 14.6 Å². The van der Waals surface area contributed by atoms with Gasteiger partial charge in [-0.15, -0.1) is 0 Å². The minimum Gasteiger partial charge on any atom is -0.340 e. The van der Waals surface area contributed by atoms with Crippen LogP contribution in [0.25, 0.3) is 10.9 Å².